The molecule has 2 aliphatic heterocycles. The molecule has 0 bridgehead atoms. The quantitative estimate of drug-likeness (QED) is 0.350. The number of hydrogen-bond acceptors (Lipinski definition) is 8. The number of alkyl halides is 6. The van der Waals surface area contributed by atoms with E-state index in [2.05, 4.69) is 10.6 Å². The lowest BCUT2D eigenvalue weighted by molar-refractivity contribution is -0.192. The third-order valence-corrected chi connectivity index (χ3v) is 7.45. The first-order valence-electron chi connectivity index (χ1n) is 13.6. The number of amides is 1. The van der Waals surface area contributed by atoms with Gasteiger partial charge >= 0.3 is 18.3 Å². The summed E-state index contributed by atoms with van der Waals surface area (Å²) in [5, 5.41) is 12.8. The summed E-state index contributed by atoms with van der Waals surface area (Å²) in [4.78, 5) is 49.3. The largest absolute Gasteiger partial charge is 0.490 e. The number of rotatable bonds is 5. The molecule has 2 aliphatic rings. The van der Waals surface area contributed by atoms with Crippen molar-refractivity contribution in [2.75, 3.05) is 54.9 Å². The first-order chi connectivity index (χ1) is 21.0. The van der Waals surface area contributed by atoms with Gasteiger partial charge in [0.2, 0.25) is 11.3 Å². The zero-order valence-corrected chi connectivity index (χ0v) is 24.7. The van der Waals surface area contributed by atoms with Crippen LogP contribution in [0.1, 0.15) is 23.9 Å². The van der Waals surface area contributed by atoms with E-state index in [1.54, 1.807) is 4.57 Å². The summed E-state index contributed by atoms with van der Waals surface area (Å²) < 4.78 is 72.5. The van der Waals surface area contributed by atoms with E-state index in [0.717, 1.165) is 30.4 Å². The van der Waals surface area contributed by atoms with Crippen molar-refractivity contribution in [3.63, 3.8) is 0 Å². The van der Waals surface area contributed by atoms with Crippen LogP contribution in [0.15, 0.2) is 23.0 Å². The number of pyridine rings is 1. The molecule has 1 aromatic carbocycles. The van der Waals surface area contributed by atoms with Gasteiger partial charge in [-0.05, 0) is 24.6 Å². The van der Waals surface area contributed by atoms with Gasteiger partial charge in [0.15, 0.2) is 17.0 Å². The number of carbonyl (C=O) groups is 2. The van der Waals surface area contributed by atoms with Gasteiger partial charge in [-0.25, -0.2) is 14.8 Å². The number of likely N-dealkylation sites (N-methyl/N-ethyl adjacent to an activating group) is 1. The second kappa shape index (κ2) is 13.1. The standard InChI is InChI=1S/C25H27ClF3N7O2.C2HF3O2/c1-3-18-21(35-10-7-30-8-11-35)22(38)20-24(32-17-6-9-34(2)23(17)33-20)36(18)13-19(37)31-16-5-4-14(12-15(16)26)25(27,28)29;3-2(4,5)1(6)7/h4-5,12,30H,3,6-11,13H2,1-2H3,(H,31,37);(H,6,7). The number of anilines is 3. The van der Waals surface area contributed by atoms with Crippen molar-refractivity contribution in [2.45, 2.75) is 38.7 Å². The summed E-state index contributed by atoms with van der Waals surface area (Å²) in [7, 11) is 1.89. The number of halogens is 7. The molecule has 2 aromatic heterocycles. The molecule has 0 aliphatic carbocycles. The maximum absolute atomic E-state index is 13.8. The Balaban J connectivity index is 0.000000591. The molecule has 45 heavy (non-hydrogen) atoms. The van der Waals surface area contributed by atoms with Gasteiger partial charge in [-0.15, -0.1) is 0 Å². The topological polar surface area (TPSA) is 133 Å². The van der Waals surface area contributed by atoms with Crippen molar-refractivity contribution in [1.82, 2.24) is 19.9 Å². The molecular formula is C27H28ClF6N7O4. The van der Waals surface area contributed by atoms with E-state index >= 15 is 0 Å². The van der Waals surface area contributed by atoms with Gasteiger partial charge in [-0.3, -0.25) is 9.59 Å². The van der Waals surface area contributed by atoms with Gasteiger partial charge in [0, 0.05) is 51.9 Å². The highest BCUT2D eigenvalue weighted by molar-refractivity contribution is 6.33. The number of carboxylic acid groups (broad SMARTS) is 1. The van der Waals surface area contributed by atoms with Crippen LogP contribution in [0, 0.1) is 0 Å². The van der Waals surface area contributed by atoms with Crippen molar-refractivity contribution < 1.29 is 41.0 Å². The minimum atomic E-state index is -5.08. The highest BCUT2D eigenvalue weighted by Crippen LogP contribution is 2.34. The minimum absolute atomic E-state index is 0.0593. The fourth-order valence-corrected chi connectivity index (χ4v) is 5.24. The Morgan fingerprint density at radius 3 is 2.29 bits per heavy atom. The minimum Gasteiger partial charge on any atom is -0.475 e. The van der Waals surface area contributed by atoms with Gasteiger partial charge in [-0.1, -0.05) is 18.5 Å². The Morgan fingerprint density at radius 2 is 1.73 bits per heavy atom. The highest BCUT2D eigenvalue weighted by atomic mass is 35.5. The van der Waals surface area contributed by atoms with E-state index in [1.807, 2.05) is 23.8 Å². The van der Waals surface area contributed by atoms with Crippen molar-refractivity contribution in [2.24, 2.45) is 0 Å². The van der Waals surface area contributed by atoms with Crippen LogP contribution in [-0.4, -0.2) is 77.5 Å². The smallest absolute Gasteiger partial charge is 0.475 e. The molecule has 0 atom stereocenters. The van der Waals surface area contributed by atoms with Crippen LogP contribution in [0.3, 0.4) is 0 Å². The molecule has 0 spiro atoms. The summed E-state index contributed by atoms with van der Waals surface area (Å²) in [6.45, 7) is 5.08. The number of hydrogen-bond donors (Lipinski definition) is 3. The van der Waals surface area contributed by atoms with Crippen LogP contribution >= 0.6 is 11.6 Å². The molecule has 0 unspecified atom stereocenters. The molecule has 1 fully saturated rings. The maximum Gasteiger partial charge on any atom is 0.490 e. The van der Waals surface area contributed by atoms with E-state index in [9.17, 15) is 35.9 Å². The average molecular weight is 664 g/mol. The number of aliphatic carboxylic acids is 1. The molecule has 18 heteroatoms. The zero-order valence-electron chi connectivity index (χ0n) is 23.9. The molecule has 5 rings (SSSR count). The Morgan fingerprint density at radius 1 is 1.09 bits per heavy atom. The van der Waals surface area contributed by atoms with E-state index in [0.29, 0.717) is 61.9 Å². The second-order valence-electron chi connectivity index (χ2n) is 10.2. The van der Waals surface area contributed by atoms with Gasteiger partial charge in [-0.2, -0.15) is 26.3 Å². The summed E-state index contributed by atoms with van der Waals surface area (Å²) in [5.74, 6) is -2.62. The normalized spacial score (nSPS) is 15.0. The van der Waals surface area contributed by atoms with Gasteiger partial charge in [0.05, 0.1) is 22.0 Å². The number of benzene rings is 1. The Kier molecular flexibility index (Phi) is 9.82. The number of aromatic nitrogens is 3. The molecule has 0 radical (unpaired) electrons. The monoisotopic (exact) mass is 663 g/mol. The first kappa shape index (κ1) is 33.8. The van der Waals surface area contributed by atoms with E-state index < -0.39 is 29.8 Å². The average Bonchev–Trinajstić information content (AvgIpc) is 3.33. The molecule has 3 N–H and O–H groups in total. The number of nitrogens with one attached hydrogen (secondary N) is 2. The number of carbonyl (C=O) groups excluding carboxylic acids is 1. The lowest BCUT2D eigenvalue weighted by Crippen LogP contribution is -2.46. The van der Waals surface area contributed by atoms with Crippen LogP contribution in [0.4, 0.5) is 43.5 Å². The SMILES string of the molecule is CCc1c(N2CCNCC2)c(=O)c2nc3c(nc2n1CC(=O)Nc1ccc(C(F)(F)F)cc1Cl)CCN3C.O=C(O)C(F)(F)F. The highest BCUT2D eigenvalue weighted by Gasteiger charge is 2.38. The Bertz CT molecular complexity index is 1670. The zero-order chi connectivity index (χ0) is 33.3. The van der Waals surface area contributed by atoms with Crippen molar-refractivity contribution in [3.05, 3.63) is 50.4 Å². The van der Waals surface area contributed by atoms with E-state index in [1.165, 1.54) is 0 Å². The van der Waals surface area contributed by atoms with Crippen LogP contribution in [-0.2, 0) is 35.2 Å². The number of nitrogens with zero attached hydrogens (tertiary/aromatic N) is 5. The molecule has 4 heterocycles. The molecule has 3 aromatic rings. The fourth-order valence-electron chi connectivity index (χ4n) is 5.01. The van der Waals surface area contributed by atoms with Crippen LogP contribution in [0.5, 0.6) is 0 Å². The summed E-state index contributed by atoms with van der Waals surface area (Å²) in [6.07, 6.45) is -8.51. The van der Waals surface area contributed by atoms with Crippen molar-refractivity contribution in [1.29, 1.82) is 0 Å². The lowest BCUT2D eigenvalue weighted by Gasteiger charge is -2.32. The lowest BCUT2D eigenvalue weighted by atomic mass is 10.1. The summed E-state index contributed by atoms with van der Waals surface area (Å²) in [5.41, 5.74) is 1.32. The second-order valence-corrected chi connectivity index (χ2v) is 10.6. The predicted molar refractivity (Wildman–Crippen MR) is 154 cm³/mol. The molecular weight excluding hydrogens is 636 g/mol. The summed E-state index contributed by atoms with van der Waals surface area (Å²) in [6, 6.07) is 2.76. The number of carboxylic acids is 1. The van der Waals surface area contributed by atoms with Crippen molar-refractivity contribution >= 4 is 51.8 Å². The Labute approximate surface area is 256 Å². The molecule has 1 amide bonds. The molecule has 1 saturated heterocycles. The molecule has 244 valence electrons. The van der Waals surface area contributed by atoms with E-state index in [-0.39, 0.29) is 28.2 Å². The predicted octanol–water partition coefficient (Wildman–Crippen LogP) is 3.70. The van der Waals surface area contributed by atoms with Crippen LogP contribution < -0.4 is 25.9 Å². The fraction of sp³-hybridized carbons (Fsp3) is 0.444. The molecule has 11 nitrogen and oxygen atoms in total. The number of piperazine rings is 1. The third kappa shape index (κ3) is 7.41. The maximum atomic E-state index is 13.8. The number of fused-ring (bicyclic) bond motifs is 2. The van der Waals surface area contributed by atoms with Crippen LogP contribution in [0.2, 0.25) is 5.02 Å². The van der Waals surface area contributed by atoms with Gasteiger partial charge < -0.3 is 30.1 Å². The van der Waals surface area contributed by atoms with Crippen LogP contribution in [0.25, 0.3) is 11.2 Å². The Hall–Kier alpha value is -4.12. The van der Waals surface area contributed by atoms with Crippen molar-refractivity contribution in [3.8, 4) is 0 Å². The third-order valence-electron chi connectivity index (χ3n) is 7.14. The first-order valence-corrected chi connectivity index (χ1v) is 14.0. The molecule has 0 saturated carbocycles. The summed E-state index contributed by atoms with van der Waals surface area (Å²) >= 11 is 6.06. The van der Waals surface area contributed by atoms with Gasteiger partial charge in [0.1, 0.15) is 12.2 Å². The van der Waals surface area contributed by atoms with E-state index in [4.69, 9.17) is 31.5 Å². The van der Waals surface area contributed by atoms with Gasteiger partial charge in [0.25, 0.3) is 0 Å².